The molecule has 0 aliphatic rings. The van der Waals surface area contributed by atoms with E-state index >= 15 is 0 Å². The van der Waals surface area contributed by atoms with Gasteiger partial charge in [0.25, 0.3) is 5.69 Å². The zero-order valence-electron chi connectivity index (χ0n) is 10.5. The fourth-order valence-electron chi connectivity index (χ4n) is 1.77. The third-order valence-corrected chi connectivity index (χ3v) is 2.89. The molecule has 2 rings (SSSR count). The summed E-state index contributed by atoms with van der Waals surface area (Å²) in [5.41, 5.74) is 2.18. The number of hydrogen-bond donors (Lipinski definition) is 1. The Kier molecular flexibility index (Phi) is 3.33. The van der Waals surface area contributed by atoms with Crippen LogP contribution in [0.4, 0.5) is 5.69 Å². The zero-order chi connectivity index (χ0) is 14.0. The minimum Gasteiger partial charge on any atom is -0.455 e. The lowest BCUT2D eigenvalue weighted by molar-refractivity contribution is -0.384. The Hall–Kier alpha value is -2.63. The molecule has 0 fully saturated rings. The third kappa shape index (κ3) is 2.47. The molecule has 1 aromatic carbocycles. The van der Waals surface area contributed by atoms with Crippen LogP contribution in [0.25, 0.3) is 11.3 Å². The second-order valence-electron chi connectivity index (χ2n) is 4.16. The first-order valence-electron chi connectivity index (χ1n) is 5.56. The normalized spacial score (nSPS) is 11.1. The van der Waals surface area contributed by atoms with Crippen molar-refractivity contribution in [3.63, 3.8) is 0 Å². The molecular weight excluding hydrogens is 248 g/mol. The maximum absolute atomic E-state index is 11.1. The van der Waals surface area contributed by atoms with E-state index in [1.807, 2.05) is 13.8 Å². The molecule has 0 aliphatic carbocycles. The Balaban J connectivity index is 2.59. The Bertz CT molecular complexity index is 659. The van der Waals surface area contributed by atoms with Crippen LogP contribution in [0.15, 0.2) is 33.8 Å². The third-order valence-electron chi connectivity index (χ3n) is 2.89. The number of rotatable bonds is 3. The number of nitrogens with zero attached hydrogens (tertiary/aromatic N) is 2. The van der Waals surface area contributed by atoms with Crippen LogP contribution in [0, 0.1) is 24.0 Å². The first-order chi connectivity index (χ1) is 9.02. The van der Waals surface area contributed by atoms with Gasteiger partial charge >= 0.3 is 0 Å². The minimum absolute atomic E-state index is 0.00932. The van der Waals surface area contributed by atoms with E-state index in [1.54, 1.807) is 18.2 Å². The average Bonchev–Trinajstić information content (AvgIpc) is 2.81. The average molecular weight is 260 g/mol. The van der Waals surface area contributed by atoms with Crippen molar-refractivity contribution in [1.29, 1.82) is 0 Å². The van der Waals surface area contributed by atoms with Gasteiger partial charge in [0, 0.05) is 6.07 Å². The second-order valence-corrected chi connectivity index (χ2v) is 4.16. The summed E-state index contributed by atoms with van der Waals surface area (Å²) < 4.78 is 5.38. The highest BCUT2D eigenvalue weighted by molar-refractivity contribution is 5.78. The maximum atomic E-state index is 11.1. The molecule has 0 bridgehead atoms. The Morgan fingerprint density at radius 2 is 2.00 bits per heavy atom. The summed E-state index contributed by atoms with van der Waals surface area (Å²) in [6.45, 7) is 3.69. The van der Waals surface area contributed by atoms with Gasteiger partial charge in [0.2, 0.25) is 0 Å². The van der Waals surface area contributed by atoms with E-state index in [0.717, 1.165) is 17.3 Å². The van der Waals surface area contributed by atoms with Crippen molar-refractivity contribution in [3.8, 4) is 11.3 Å². The number of furan rings is 1. The summed E-state index contributed by atoms with van der Waals surface area (Å²) in [6.07, 6.45) is 1.12. The number of aryl methyl sites for hydroxylation is 2. The number of oxime groups is 1. The van der Waals surface area contributed by atoms with Crippen molar-refractivity contribution in [2.45, 2.75) is 13.8 Å². The van der Waals surface area contributed by atoms with E-state index < -0.39 is 4.92 Å². The SMILES string of the molecule is Cc1cc(-c2ccc(/C=N\O)o2)c([N+](=O)[O-])cc1C. The quantitative estimate of drug-likeness (QED) is 0.397. The molecule has 0 spiro atoms. The van der Waals surface area contributed by atoms with E-state index in [0.29, 0.717) is 17.1 Å². The summed E-state index contributed by atoms with van der Waals surface area (Å²) in [6, 6.07) is 6.42. The summed E-state index contributed by atoms with van der Waals surface area (Å²) in [7, 11) is 0. The molecule has 98 valence electrons. The molecule has 0 aliphatic heterocycles. The smallest absolute Gasteiger partial charge is 0.280 e. The van der Waals surface area contributed by atoms with Crippen LogP contribution in [-0.4, -0.2) is 16.3 Å². The number of nitro benzene ring substituents is 1. The molecule has 0 unspecified atom stereocenters. The molecule has 6 nitrogen and oxygen atoms in total. The summed E-state index contributed by atoms with van der Waals surface area (Å²) in [5.74, 6) is 0.690. The topological polar surface area (TPSA) is 88.9 Å². The first-order valence-corrected chi connectivity index (χ1v) is 5.56. The maximum Gasteiger partial charge on any atom is 0.280 e. The fraction of sp³-hybridized carbons (Fsp3) is 0.154. The molecule has 0 saturated heterocycles. The van der Waals surface area contributed by atoms with Crippen LogP contribution >= 0.6 is 0 Å². The molecule has 6 heteroatoms. The Morgan fingerprint density at radius 3 is 2.63 bits per heavy atom. The fourth-order valence-corrected chi connectivity index (χ4v) is 1.77. The molecule has 0 saturated carbocycles. The van der Waals surface area contributed by atoms with Crippen LogP contribution in [-0.2, 0) is 0 Å². The van der Waals surface area contributed by atoms with Gasteiger partial charge in [0.15, 0.2) is 0 Å². The number of hydrogen-bond acceptors (Lipinski definition) is 5. The van der Waals surface area contributed by atoms with Crippen LogP contribution < -0.4 is 0 Å². The largest absolute Gasteiger partial charge is 0.455 e. The highest BCUT2D eigenvalue weighted by Crippen LogP contribution is 2.33. The van der Waals surface area contributed by atoms with Gasteiger partial charge in [-0.15, -0.1) is 0 Å². The van der Waals surface area contributed by atoms with Crippen LogP contribution in [0.2, 0.25) is 0 Å². The van der Waals surface area contributed by atoms with Crippen LogP contribution in [0.1, 0.15) is 16.9 Å². The van der Waals surface area contributed by atoms with E-state index in [-0.39, 0.29) is 5.69 Å². The molecule has 0 amide bonds. The van der Waals surface area contributed by atoms with Gasteiger partial charge in [0.05, 0.1) is 10.5 Å². The lowest BCUT2D eigenvalue weighted by atomic mass is 10.0. The van der Waals surface area contributed by atoms with Gasteiger partial charge < -0.3 is 9.62 Å². The van der Waals surface area contributed by atoms with Crippen LogP contribution in [0.5, 0.6) is 0 Å². The van der Waals surface area contributed by atoms with E-state index in [4.69, 9.17) is 9.62 Å². The van der Waals surface area contributed by atoms with Crippen molar-refractivity contribution in [2.24, 2.45) is 5.16 Å². The molecule has 1 aromatic heterocycles. The second kappa shape index (κ2) is 4.93. The Morgan fingerprint density at radius 1 is 1.32 bits per heavy atom. The van der Waals surface area contributed by atoms with Crippen molar-refractivity contribution >= 4 is 11.9 Å². The monoisotopic (exact) mass is 260 g/mol. The molecule has 0 atom stereocenters. The Labute approximate surface area is 109 Å². The lowest BCUT2D eigenvalue weighted by Gasteiger charge is -2.04. The van der Waals surface area contributed by atoms with Crippen LogP contribution in [0.3, 0.4) is 0 Å². The molecule has 1 N–H and O–H groups in total. The predicted molar refractivity (Wildman–Crippen MR) is 69.7 cm³/mol. The highest BCUT2D eigenvalue weighted by atomic mass is 16.6. The summed E-state index contributed by atoms with van der Waals surface area (Å²) in [5, 5.41) is 22.4. The number of benzene rings is 1. The van der Waals surface area contributed by atoms with Gasteiger partial charge in [-0.05, 0) is 43.2 Å². The van der Waals surface area contributed by atoms with E-state index in [2.05, 4.69) is 5.16 Å². The standard InChI is InChI=1S/C13H12N2O4/c1-8-5-11(12(15(17)18)6-9(8)2)13-4-3-10(19-13)7-14-16/h3-7,16H,1-2H3/b14-7-. The van der Waals surface area contributed by atoms with E-state index in [9.17, 15) is 10.1 Å². The zero-order valence-corrected chi connectivity index (χ0v) is 10.5. The van der Waals surface area contributed by atoms with Gasteiger partial charge in [-0.25, -0.2) is 0 Å². The lowest BCUT2D eigenvalue weighted by Crippen LogP contribution is -1.94. The molecule has 19 heavy (non-hydrogen) atoms. The van der Waals surface area contributed by atoms with Crippen molar-refractivity contribution in [3.05, 3.63) is 51.3 Å². The first kappa shape index (κ1) is 12.8. The van der Waals surface area contributed by atoms with Crippen molar-refractivity contribution in [1.82, 2.24) is 0 Å². The molecule has 2 aromatic rings. The van der Waals surface area contributed by atoms with Crippen molar-refractivity contribution < 1.29 is 14.5 Å². The number of nitro groups is 1. The van der Waals surface area contributed by atoms with E-state index in [1.165, 1.54) is 6.07 Å². The van der Waals surface area contributed by atoms with Gasteiger partial charge in [0.1, 0.15) is 17.7 Å². The summed E-state index contributed by atoms with van der Waals surface area (Å²) in [4.78, 5) is 10.6. The van der Waals surface area contributed by atoms with Gasteiger partial charge in [-0.2, -0.15) is 0 Å². The van der Waals surface area contributed by atoms with Crippen molar-refractivity contribution in [2.75, 3.05) is 0 Å². The molecule has 0 radical (unpaired) electrons. The molecular formula is C13H12N2O4. The van der Waals surface area contributed by atoms with Gasteiger partial charge in [-0.3, -0.25) is 10.1 Å². The summed E-state index contributed by atoms with van der Waals surface area (Å²) >= 11 is 0. The van der Waals surface area contributed by atoms with Gasteiger partial charge in [-0.1, -0.05) is 5.16 Å². The highest BCUT2D eigenvalue weighted by Gasteiger charge is 2.19. The molecule has 1 heterocycles. The minimum atomic E-state index is -0.440. The predicted octanol–water partition coefficient (Wildman–Crippen LogP) is 3.28.